The van der Waals surface area contributed by atoms with Gasteiger partial charge in [0.25, 0.3) is 5.91 Å². The predicted octanol–water partition coefficient (Wildman–Crippen LogP) is 2.37. The van der Waals surface area contributed by atoms with Crippen LogP contribution in [0.25, 0.3) is 11.0 Å². The van der Waals surface area contributed by atoms with Gasteiger partial charge in [-0.3, -0.25) is 9.69 Å². The van der Waals surface area contributed by atoms with Crippen LogP contribution in [0, 0.1) is 0 Å². The summed E-state index contributed by atoms with van der Waals surface area (Å²) >= 11 is 1.63. The van der Waals surface area contributed by atoms with Crippen LogP contribution < -0.4 is 0 Å². The Morgan fingerprint density at radius 3 is 3.08 bits per heavy atom. The minimum Gasteiger partial charge on any atom is -0.345 e. The summed E-state index contributed by atoms with van der Waals surface area (Å²) in [6.45, 7) is 4.28. The number of carbonyl (C=O) groups excluding carboxylic acids is 1. The Balaban J connectivity index is 1.46. The first kappa shape index (κ1) is 15.3. The second-order valence-corrected chi connectivity index (χ2v) is 6.72. The maximum absolute atomic E-state index is 12.9. The summed E-state index contributed by atoms with van der Waals surface area (Å²) in [5.41, 5.74) is 4.46. The fraction of sp³-hybridized carbons (Fsp3) is 0.353. The van der Waals surface area contributed by atoms with Crippen LogP contribution in [0.15, 0.2) is 35.4 Å². The van der Waals surface area contributed by atoms with E-state index < -0.39 is 0 Å². The normalized spacial score (nSPS) is 16.4. The highest BCUT2D eigenvalue weighted by atomic mass is 32.1. The largest absolute Gasteiger partial charge is 0.345 e. The first-order chi connectivity index (χ1) is 11.8. The molecule has 4 heterocycles. The molecule has 0 bridgehead atoms. The summed E-state index contributed by atoms with van der Waals surface area (Å²) < 4.78 is 0. The number of rotatable bonds is 3. The molecule has 1 aliphatic rings. The van der Waals surface area contributed by atoms with Gasteiger partial charge in [0.15, 0.2) is 0 Å². The van der Waals surface area contributed by atoms with Crippen LogP contribution in [0.5, 0.6) is 0 Å². The lowest BCUT2D eigenvalue weighted by molar-refractivity contribution is 0.0763. The monoisotopic (exact) mass is 341 g/mol. The van der Waals surface area contributed by atoms with Gasteiger partial charge in [-0.2, -0.15) is 0 Å². The molecule has 0 aliphatic carbocycles. The third-order valence-corrected chi connectivity index (χ3v) is 5.06. The summed E-state index contributed by atoms with van der Waals surface area (Å²) in [6.07, 6.45) is 4.49. The molecule has 6 nitrogen and oxygen atoms in total. The smallest absolute Gasteiger partial charge is 0.256 e. The Morgan fingerprint density at radius 2 is 2.21 bits per heavy atom. The van der Waals surface area contributed by atoms with Crippen LogP contribution in [-0.4, -0.2) is 56.8 Å². The summed E-state index contributed by atoms with van der Waals surface area (Å²) in [5.74, 6) is 0.0877. The van der Waals surface area contributed by atoms with Crippen molar-refractivity contribution in [3.8, 4) is 0 Å². The predicted molar refractivity (Wildman–Crippen MR) is 94.0 cm³/mol. The van der Waals surface area contributed by atoms with E-state index in [1.807, 2.05) is 22.5 Å². The fourth-order valence-electron chi connectivity index (χ4n) is 3.18. The second-order valence-electron chi connectivity index (χ2n) is 6.00. The summed E-state index contributed by atoms with van der Waals surface area (Å²) in [7, 11) is 0. The van der Waals surface area contributed by atoms with E-state index in [-0.39, 0.29) is 5.91 Å². The van der Waals surface area contributed by atoms with Crippen LogP contribution in [0.4, 0.5) is 0 Å². The van der Waals surface area contributed by atoms with E-state index in [2.05, 4.69) is 25.2 Å². The Bertz CT molecular complexity index is 829. The van der Waals surface area contributed by atoms with E-state index in [0.717, 1.165) is 55.9 Å². The molecule has 0 saturated carbocycles. The zero-order valence-corrected chi connectivity index (χ0v) is 14.1. The molecule has 0 spiro atoms. The van der Waals surface area contributed by atoms with E-state index in [9.17, 15) is 4.79 Å². The Kier molecular flexibility index (Phi) is 4.27. The SMILES string of the molecule is O=C(c1c[nH]c2ncccc12)N1CCCN(Cc2cscn2)CC1. The van der Waals surface area contributed by atoms with Gasteiger partial charge in [-0.15, -0.1) is 11.3 Å². The first-order valence-corrected chi connectivity index (χ1v) is 9.06. The molecule has 0 radical (unpaired) electrons. The number of nitrogens with one attached hydrogen (secondary N) is 1. The zero-order valence-electron chi connectivity index (χ0n) is 13.3. The second kappa shape index (κ2) is 6.70. The molecule has 1 N–H and O–H groups in total. The number of hydrogen-bond donors (Lipinski definition) is 1. The zero-order chi connectivity index (χ0) is 16.4. The lowest BCUT2D eigenvalue weighted by Gasteiger charge is -2.21. The number of aromatic nitrogens is 3. The van der Waals surface area contributed by atoms with E-state index in [0.29, 0.717) is 5.56 Å². The highest BCUT2D eigenvalue weighted by Gasteiger charge is 2.22. The van der Waals surface area contributed by atoms with Gasteiger partial charge in [0.1, 0.15) is 5.65 Å². The molecular weight excluding hydrogens is 322 g/mol. The van der Waals surface area contributed by atoms with E-state index in [1.165, 1.54) is 0 Å². The van der Waals surface area contributed by atoms with Crippen LogP contribution >= 0.6 is 11.3 Å². The van der Waals surface area contributed by atoms with E-state index >= 15 is 0 Å². The van der Waals surface area contributed by atoms with Crippen molar-refractivity contribution in [3.63, 3.8) is 0 Å². The molecule has 4 rings (SSSR count). The average molecular weight is 341 g/mol. The van der Waals surface area contributed by atoms with Gasteiger partial charge in [-0.25, -0.2) is 9.97 Å². The van der Waals surface area contributed by atoms with Crippen LogP contribution in [0.3, 0.4) is 0 Å². The fourth-order valence-corrected chi connectivity index (χ4v) is 3.73. The highest BCUT2D eigenvalue weighted by molar-refractivity contribution is 7.07. The van der Waals surface area contributed by atoms with Crippen molar-refractivity contribution in [2.45, 2.75) is 13.0 Å². The van der Waals surface area contributed by atoms with Crippen molar-refractivity contribution in [2.24, 2.45) is 0 Å². The number of nitrogens with zero attached hydrogens (tertiary/aromatic N) is 4. The van der Waals surface area contributed by atoms with Gasteiger partial charge in [0.2, 0.25) is 0 Å². The Hall–Kier alpha value is -2.25. The van der Waals surface area contributed by atoms with Crippen molar-refractivity contribution in [3.05, 3.63) is 46.7 Å². The molecule has 0 atom stereocenters. The molecule has 3 aromatic heterocycles. The maximum atomic E-state index is 12.9. The lowest BCUT2D eigenvalue weighted by Crippen LogP contribution is -2.35. The van der Waals surface area contributed by atoms with Gasteiger partial charge in [0, 0.05) is 55.9 Å². The quantitative estimate of drug-likeness (QED) is 0.794. The molecule has 1 amide bonds. The van der Waals surface area contributed by atoms with E-state index in [1.54, 1.807) is 23.7 Å². The summed E-state index contributed by atoms with van der Waals surface area (Å²) in [5, 5.41) is 2.98. The average Bonchev–Trinajstić information content (AvgIpc) is 3.20. The van der Waals surface area contributed by atoms with Gasteiger partial charge >= 0.3 is 0 Å². The minimum absolute atomic E-state index is 0.0877. The molecule has 24 heavy (non-hydrogen) atoms. The summed E-state index contributed by atoms with van der Waals surface area (Å²) in [4.78, 5) is 28.9. The number of aromatic amines is 1. The molecule has 124 valence electrons. The van der Waals surface area contributed by atoms with Crippen molar-refractivity contribution in [1.29, 1.82) is 0 Å². The van der Waals surface area contributed by atoms with Crippen molar-refractivity contribution in [2.75, 3.05) is 26.2 Å². The molecule has 1 saturated heterocycles. The summed E-state index contributed by atoms with van der Waals surface area (Å²) in [6, 6.07) is 3.81. The number of pyridine rings is 1. The molecule has 7 heteroatoms. The maximum Gasteiger partial charge on any atom is 0.256 e. The first-order valence-electron chi connectivity index (χ1n) is 8.12. The Labute approximate surface area is 144 Å². The number of H-pyrrole nitrogens is 1. The van der Waals surface area contributed by atoms with Gasteiger partial charge < -0.3 is 9.88 Å². The topological polar surface area (TPSA) is 65.1 Å². The molecular formula is C17H19N5OS. The van der Waals surface area contributed by atoms with Crippen molar-refractivity contribution >= 4 is 28.3 Å². The highest BCUT2D eigenvalue weighted by Crippen LogP contribution is 2.19. The standard InChI is InChI=1S/C17H19N5OS/c23-17(15-9-19-16-14(15)3-1-4-18-16)22-6-2-5-21(7-8-22)10-13-11-24-12-20-13/h1,3-4,9,11-12H,2,5-8,10H2,(H,18,19). The lowest BCUT2D eigenvalue weighted by atomic mass is 10.2. The number of carbonyl (C=O) groups is 1. The molecule has 0 aromatic carbocycles. The third kappa shape index (κ3) is 3.05. The number of fused-ring (bicyclic) bond motifs is 1. The van der Waals surface area contributed by atoms with Crippen LogP contribution in [-0.2, 0) is 6.54 Å². The number of amides is 1. The Morgan fingerprint density at radius 1 is 1.25 bits per heavy atom. The number of hydrogen-bond acceptors (Lipinski definition) is 5. The molecule has 1 fully saturated rings. The molecule has 0 unspecified atom stereocenters. The van der Waals surface area contributed by atoms with E-state index in [4.69, 9.17) is 0 Å². The van der Waals surface area contributed by atoms with Gasteiger partial charge in [-0.05, 0) is 18.6 Å². The van der Waals surface area contributed by atoms with Crippen LogP contribution in [0.2, 0.25) is 0 Å². The molecule has 1 aliphatic heterocycles. The molecule has 3 aromatic rings. The minimum atomic E-state index is 0.0877. The van der Waals surface area contributed by atoms with Crippen molar-refractivity contribution in [1.82, 2.24) is 24.8 Å². The number of thiazole rings is 1. The third-order valence-electron chi connectivity index (χ3n) is 4.43. The van der Waals surface area contributed by atoms with Crippen molar-refractivity contribution < 1.29 is 4.79 Å². The van der Waals surface area contributed by atoms with Crippen LogP contribution in [0.1, 0.15) is 22.5 Å². The van der Waals surface area contributed by atoms with Gasteiger partial charge in [0.05, 0.1) is 16.8 Å². The van der Waals surface area contributed by atoms with Gasteiger partial charge in [-0.1, -0.05) is 0 Å².